The van der Waals surface area contributed by atoms with Crippen LogP contribution in [0.1, 0.15) is 50.0 Å². The van der Waals surface area contributed by atoms with Crippen molar-refractivity contribution in [3.8, 4) is 5.75 Å². The van der Waals surface area contributed by atoms with E-state index in [2.05, 4.69) is 22.6 Å². The maximum atomic E-state index is 13.4. The van der Waals surface area contributed by atoms with Gasteiger partial charge in [-0.2, -0.15) is 0 Å². The Labute approximate surface area is 222 Å². The molecule has 3 aromatic rings. The van der Waals surface area contributed by atoms with Crippen molar-refractivity contribution in [2.75, 3.05) is 4.90 Å². The molecule has 0 aromatic heterocycles. The highest BCUT2D eigenvalue weighted by molar-refractivity contribution is 14.1. The number of benzene rings is 3. The molecular weight excluding hydrogens is 576 g/mol. The number of rotatable bonds is 8. The number of anilines is 1. The zero-order valence-corrected chi connectivity index (χ0v) is 22.0. The minimum atomic E-state index is -0.578. The van der Waals surface area contributed by atoms with Crippen molar-refractivity contribution < 1.29 is 28.2 Å². The van der Waals surface area contributed by atoms with Crippen LogP contribution in [-0.2, 0) is 19.1 Å². The number of halogens is 2. The number of carbonyl (C=O) groups is 3. The van der Waals surface area contributed by atoms with Crippen molar-refractivity contribution in [3.05, 3.63) is 93.3 Å². The van der Waals surface area contributed by atoms with Gasteiger partial charge in [0.1, 0.15) is 17.7 Å². The third kappa shape index (κ3) is 5.92. The summed E-state index contributed by atoms with van der Waals surface area (Å²) in [5.74, 6) is -1.18. The standard InChI is InChI=1S/C28H25FINO5/c1-17(32)35-24-13-11-23(12-14-24)31-27(20-5-9-22(30)10-6-20)25(28(31)34)15-16-26(36-18(2)33)19-3-7-21(29)8-4-19/h3-14,25-27H,15-16H2,1-2H3/t25-,26+,27-/m1/s1. The number of esters is 2. The van der Waals surface area contributed by atoms with Crippen LogP contribution in [0.2, 0.25) is 0 Å². The molecule has 6 nitrogen and oxygen atoms in total. The molecule has 0 unspecified atom stereocenters. The van der Waals surface area contributed by atoms with Crippen LogP contribution in [0.3, 0.4) is 0 Å². The molecule has 0 bridgehead atoms. The van der Waals surface area contributed by atoms with Crippen LogP contribution in [0.5, 0.6) is 5.75 Å². The minimum absolute atomic E-state index is 0.0422. The Kier molecular flexibility index (Phi) is 8.03. The van der Waals surface area contributed by atoms with Crippen LogP contribution in [0.15, 0.2) is 72.8 Å². The van der Waals surface area contributed by atoms with Gasteiger partial charge in [-0.25, -0.2) is 4.39 Å². The Hall–Kier alpha value is -3.27. The average Bonchev–Trinajstić information content (AvgIpc) is 2.83. The molecule has 1 aliphatic rings. The molecule has 1 amide bonds. The smallest absolute Gasteiger partial charge is 0.308 e. The molecule has 1 saturated heterocycles. The summed E-state index contributed by atoms with van der Waals surface area (Å²) in [6, 6.07) is 20.5. The summed E-state index contributed by atoms with van der Waals surface area (Å²) in [6.07, 6.45) is 0.319. The highest BCUT2D eigenvalue weighted by atomic mass is 127. The number of β-lactam (4-membered cyclic amide) rings is 1. The number of carbonyl (C=O) groups excluding carboxylic acids is 3. The van der Waals surface area contributed by atoms with Gasteiger partial charge in [0.05, 0.1) is 12.0 Å². The third-order valence-electron chi connectivity index (χ3n) is 6.09. The van der Waals surface area contributed by atoms with E-state index in [4.69, 9.17) is 9.47 Å². The summed E-state index contributed by atoms with van der Waals surface area (Å²) in [5.41, 5.74) is 2.38. The second-order valence-corrected chi connectivity index (χ2v) is 9.87. The van der Waals surface area contributed by atoms with E-state index in [-0.39, 0.29) is 23.7 Å². The van der Waals surface area contributed by atoms with Gasteiger partial charge in [-0.1, -0.05) is 24.3 Å². The highest BCUT2D eigenvalue weighted by Crippen LogP contribution is 2.46. The SMILES string of the molecule is CC(=O)Oc1ccc(N2C(=O)[C@H](CC[C@H](OC(C)=O)c3ccc(F)cc3)[C@H]2c2ccc(I)cc2)cc1. The zero-order valence-electron chi connectivity index (χ0n) is 19.8. The molecule has 0 spiro atoms. The topological polar surface area (TPSA) is 72.9 Å². The fourth-order valence-electron chi connectivity index (χ4n) is 4.50. The molecule has 1 aliphatic heterocycles. The Balaban J connectivity index is 1.57. The van der Waals surface area contributed by atoms with Gasteiger partial charge >= 0.3 is 11.9 Å². The lowest BCUT2D eigenvalue weighted by Gasteiger charge is -2.48. The van der Waals surface area contributed by atoms with Gasteiger partial charge in [-0.05, 0) is 95.1 Å². The van der Waals surface area contributed by atoms with Gasteiger partial charge < -0.3 is 14.4 Å². The van der Waals surface area contributed by atoms with Gasteiger partial charge in [0.25, 0.3) is 0 Å². The first-order valence-electron chi connectivity index (χ1n) is 11.5. The lowest BCUT2D eigenvalue weighted by molar-refractivity contribution is -0.147. The molecule has 3 aromatic carbocycles. The molecule has 1 fully saturated rings. The monoisotopic (exact) mass is 601 g/mol. The summed E-state index contributed by atoms with van der Waals surface area (Å²) in [4.78, 5) is 38.1. The Bertz CT molecular complexity index is 1240. The second kappa shape index (κ2) is 11.2. The first kappa shape index (κ1) is 25.8. The normalized spacial score (nSPS) is 17.8. The minimum Gasteiger partial charge on any atom is -0.458 e. The fraction of sp³-hybridized carbons (Fsp3) is 0.250. The van der Waals surface area contributed by atoms with Crippen LogP contribution in [0.25, 0.3) is 0 Å². The van der Waals surface area contributed by atoms with E-state index in [1.807, 2.05) is 24.3 Å². The number of ether oxygens (including phenoxy) is 2. The first-order chi connectivity index (χ1) is 17.2. The van der Waals surface area contributed by atoms with Gasteiger partial charge in [0, 0.05) is 23.1 Å². The van der Waals surface area contributed by atoms with E-state index < -0.39 is 18.0 Å². The first-order valence-corrected chi connectivity index (χ1v) is 12.6. The average molecular weight is 601 g/mol. The van der Waals surface area contributed by atoms with Gasteiger partial charge in [0.15, 0.2) is 0 Å². The second-order valence-electron chi connectivity index (χ2n) is 8.63. The molecule has 0 aliphatic carbocycles. The van der Waals surface area contributed by atoms with E-state index in [1.54, 1.807) is 41.3 Å². The molecule has 36 heavy (non-hydrogen) atoms. The number of nitrogens with zero attached hydrogens (tertiary/aromatic N) is 1. The summed E-state index contributed by atoms with van der Waals surface area (Å²) < 4.78 is 25.1. The molecular formula is C28H25FINO5. The molecule has 186 valence electrons. The number of hydrogen-bond acceptors (Lipinski definition) is 5. The lowest BCUT2D eigenvalue weighted by Crippen LogP contribution is -2.55. The third-order valence-corrected chi connectivity index (χ3v) is 6.81. The van der Waals surface area contributed by atoms with Crippen LogP contribution in [0.4, 0.5) is 10.1 Å². The summed E-state index contributed by atoms with van der Waals surface area (Å²) in [7, 11) is 0. The largest absolute Gasteiger partial charge is 0.458 e. The van der Waals surface area contributed by atoms with Gasteiger partial charge in [-0.3, -0.25) is 14.4 Å². The van der Waals surface area contributed by atoms with Crippen molar-refractivity contribution >= 4 is 46.1 Å². The maximum absolute atomic E-state index is 13.4. The number of hydrogen-bond donors (Lipinski definition) is 0. The van der Waals surface area contributed by atoms with E-state index in [1.165, 1.54) is 26.0 Å². The lowest BCUT2D eigenvalue weighted by atomic mass is 9.78. The molecule has 4 rings (SSSR count). The molecule has 8 heteroatoms. The van der Waals surface area contributed by atoms with Gasteiger partial charge in [0.2, 0.25) is 5.91 Å². The van der Waals surface area contributed by atoms with E-state index in [0.29, 0.717) is 29.8 Å². The number of amides is 1. The van der Waals surface area contributed by atoms with Crippen LogP contribution < -0.4 is 9.64 Å². The van der Waals surface area contributed by atoms with Crippen molar-refractivity contribution in [1.29, 1.82) is 0 Å². The fourth-order valence-corrected chi connectivity index (χ4v) is 4.86. The molecule has 0 radical (unpaired) electrons. The van der Waals surface area contributed by atoms with Crippen LogP contribution >= 0.6 is 22.6 Å². The van der Waals surface area contributed by atoms with Crippen molar-refractivity contribution in [2.45, 2.75) is 38.8 Å². The molecule has 1 heterocycles. The van der Waals surface area contributed by atoms with Crippen molar-refractivity contribution in [2.24, 2.45) is 5.92 Å². The summed E-state index contributed by atoms with van der Waals surface area (Å²) in [5, 5.41) is 0. The van der Waals surface area contributed by atoms with Crippen LogP contribution in [-0.4, -0.2) is 17.8 Å². The van der Waals surface area contributed by atoms with Gasteiger partial charge in [-0.15, -0.1) is 0 Å². The molecule has 0 N–H and O–H groups in total. The quantitative estimate of drug-likeness (QED) is 0.134. The summed E-state index contributed by atoms with van der Waals surface area (Å²) >= 11 is 2.24. The Morgan fingerprint density at radius 2 is 1.58 bits per heavy atom. The van der Waals surface area contributed by atoms with Crippen molar-refractivity contribution in [3.63, 3.8) is 0 Å². The van der Waals surface area contributed by atoms with Crippen molar-refractivity contribution in [1.82, 2.24) is 0 Å². The predicted octanol–water partition coefficient (Wildman–Crippen LogP) is 6.14. The predicted molar refractivity (Wildman–Crippen MR) is 141 cm³/mol. The van der Waals surface area contributed by atoms with E-state index in [0.717, 1.165) is 9.13 Å². The Morgan fingerprint density at radius 1 is 0.944 bits per heavy atom. The highest BCUT2D eigenvalue weighted by Gasteiger charge is 2.48. The zero-order chi connectivity index (χ0) is 25.8. The van der Waals surface area contributed by atoms with E-state index >= 15 is 0 Å². The molecule has 0 saturated carbocycles. The summed E-state index contributed by atoms with van der Waals surface area (Å²) in [6.45, 7) is 2.67. The Morgan fingerprint density at radius 3 is 2.17 bits per heavy atom. The maximum Gasteiger partial charge on any atom is 0.308 e. The van der Waals surface area contributed by atoms with E-state index in [9.17, 15) is 18.8 Å². The van der Waals surface area contributed by atoms with Crippen LogP contribution in [0, 0.1) is 15.3 Å². The molecule has 3 atom stereocenters.